The Hall–Kier alpha value is -2.97. The largest absolute Gasteiger partial charge is 0.367 e. The van der Waals surface area contributed by atoms with E-state index in [-0.39, 0.29) is 9.79 Å². The van der Waals surface area contributed by atoms with Crippen LogP contribution in [0.15, 0.2) is 76.5 Å². The van der Waals surface area contributed by atoms with Crippen LogP contribution in [0, 0.1) is 0 Å². The summed E-state index contributed by atoms with van der Waals surface area (Å²) in [6, 6.07) is 19.9. The molecule has 1 aliphatic rings. The van der Waals surface area contributed by atoms with Gasteiger partial charge in [0, 0.05) is 12.1 Å². The molecular weight excluding hydrogens is 440 g/mol. The van der Waals surface area contributed by atoms with Gasteiger partial charge in [-0.1, -0.05) is 60.9 Å². The maximum atomic E-state index is 13.3. The lowest BCUT2D eigenvalue weighted by Crippen LogP contribution is -2.23. The molecule has 2 N–H and O–H groups in total. The molecule has 2 heterocycles. The molecule has 2 aromatic heterocycles. The molecule has 0 saturated heterocycles. The summed E-state index contributed by atoms with van der Waals surface area (Å²) in [6.07, 6.45) is 5.74. The number of rotatable bonds is 6. The van der Waals surface area contributed by atoms with Crippen LogP contribution in [0.25, 0.3) is 10.2 Å². The first-order valence-corrected chi connectivity index (χ1v) is 13.1. The topological polar surface area (TPSA) is 84.0 Å². The lowest BCUT2D eigenvalue weighted by molar-refractivity contribution is 0.462. The third-order valence-corrected chi connectivity index (χ3v) is 8.35. The van der Waals surface area contributed by atoms with Gasteiger partial charge >= 0.3 is 0 Å². The second kappa shape index (κ2) is 8.88. The van der Waals surface area contributed by atoms with Gasteiger partial charge < -0.3 is 10.6 Å². The van der Waals surface area contributed by atoms with Crippen molar-refractivity contribution in [3.05, 3.63) is 66.7 Å². The van der Waals surface area contributed by atoms with Crippen molar-refractivity contribution in [3.8, 4) is 0 Å². The van der Waals surface area contributed by atoms with E-state index in [1.54, 1.807) is 36.4 Å². The number of anilines is 3. The minimum atomic E-state index is -3.68. The minimum Gasteiger partial charge on any atom is -0.367 e. The summed E-state index contributed by atoms with van der Waals surface area (Å²) in [6.45, 7) is 0. The molecule has 0 bridgehead atoms. The van der Waals surface area contributed by atoms with Crippen molar-refractivity contribution in [1.29, 1.82) is 0 Å². The van der Waals surface area contributed by atoms with Gasteiger partial charge in [-0.2, -0.15) is 0 Å². The predicted molar refractivity (Wildman–Crippen MR) is 130 cm³/mol. The normalized spacial score (nSPS) is 15.0. The summed E-state index contributed by atoms with van der Waals surface area (Å²) >= 11 is 1.51. The highest BCUT2D eigenvalue weighted by Crippen LogP contribution is 2.31. The van der Waals surface area contributed by atoms with Crippen LogP contribution in [0.4, 0.5) is 16.8 Å². The maximum Gasteiger partial charge on any atom is 0.206 e. The van der Waals surface area contributed by atoms with Crippen molar-refractivity contribution in [2.45, 2.75) is 47.9 Å². The Balaban J connectivity index is 1.52. The minimum absolute atomic E-state index is 0.209. The van der Waals surface area contributed by atoms with Crippen molar-refractivity contribution >= 4 is 48.2 Å². The van der Waals surface area contributed by atoms with Gasteiger partial charge in [0.05, 0.1) is 20.0 Å². The number of aromatic nitrogens is 2. The summed E-state index contributed by atoms with van der Waals surface area (Å²) in [5.41, 5.74) is 0.897. The summed E-state index contributed by atoms with van der Waals surface area (Å²) in [7, 11) is -3.68. The Morgan fingerprint density at radius 3 is 2.31 bits per heavy atom. The Bertz CT molecular complexity index is 1300. The zero-order valence-electron chi connectivity index (χ0n) is 17.5. The Morgan fingerprint density at radius 1 is 0.812 bits per heavy atom. The van der Waals surface area contributed by atoms with Crippen LogP contribution in [0.3, 0.4) is 0 Å². The first kappa shape index (κ1) is 20.9. The Kier molecular flexibility index (Phi) is 5.80. The zero-order chi connectivity index (χ0) is 22.0. The average molecular weight is 465 g/mol. The van der Waals surface area contributed by atoms with E-state index in [1.165, 1.54) is 30.6 Å². The molecule has 1 aliphatic carbocycles. The van der Waals surface area contributed by atoms with Gasteiger partial charge in [-0.25, -0.2) is 18.4 Å². The van der Waals surface area contributed by atoms with Crippen LogP contribution in [0.1, 0.15) is 32.1 Å². The third-order valence-electron chi connectivity index (χ3n) is 5.65. The van der Waals surface area contributed by atoms with Gasteiger partial charge in [-0.3, -0.25) is 0 Å². The van der Waals surface area contributed by atoms with E-state index in [2.05, 4.69) is 20.6 Å². The van der Waals surface area contributed by atoms with Crippen LogP contribution >= 0.6 is 11.3 Å². The highest BCUT2D eigenvalue weighted by atomic mass is 32.2. The molecule has 0 amide bonds. The van der Waals surface area contributed by atoms with Crippen molar-refractivity contribution in [2.24, 2.45) is 0 Å². The first-order chi connectivity index (χ1) is 15.6. The molecule has 4 aromatic rings. The number of thiazole rings is 1. The molecule has 6 nitrogen and oxygen atoms in total. The highest BCUT2D eigenvalue weighted by molar-refractivity contribution is 7.91. The monoisotopic (exact) mass is 464 g/mol. The van der Waals surface area contributed by atoms with Crippen molar-refractivity contribution in [2.75, 3.05) is 10.6 Å². The highest BCUT2D eigenvalue weighted by Gasteiger charge is 2.21. The number of benzene rings is 2. The molecule has 1 fully saturated rings. The van der Waals surface area contributed by atoms with E-state index in [1.807, 2.05) is 30.3 Å². The Labute approximate surface area is 191 Å². The van der Waals surface area contributed by atoms with Gasteiger partial charge in [-0.15, -0.1) is 0 Å². The smallest absolute Gasteiger partial charge is 0.206 e. The maximum absolute atomic E-state index is 13.3. The van der Waals surface area contributed by atoms with E-state index >= 15 is 0 Å². The summed E-state index contributed by atoms with van der Waals surface area (Å²) < 4.78 is 27.7. The number of sulfone groups is 1. The van der Waals surface area contributed by atoms with E-state index in [9.17, 15) is 8.42 Å². The molecule has 1 saturated carbocycles. The fraction of sp³-hybridized carbons (Fsp3) is 0.250. The number of nitrogens with zero attached hydrogens (tertiary/aromatic N) is 2. The fourth-order valence-corrected chi connectivity index (χ4v) is 6.22. The lowest BCUT2D eigenvalue weighted by atomic mass is 9.95. The quantitative estimate of drug-likeness (QED) is 0.363. The average Bonchev–Trinajstić information content (AvgIpc) is 3.22. The molecule has 0 aliphatic heterocycles. The van der Waals surface area contributed by atoms with Gasteiger partial charge in [0.15, 0.2) is 5.13 Å². The lowest BCUT2D eigenvalue weighted by Gasteiger charge is -2.23. The molecule has 5 rings (SSSR count). The molecule has 8 heteroatoms. The van der Waals surface area contributed by atoms with Crippen molar-refractivity contribution < 1.29 is 8.42 Å². The zero-order valence-corrected chi connectivity index (χ0v) is 19.1. The number of fused-ring (bicyclic) bond motifs is 1. The number of hydrogen-bond acceptors (Lipinski definition) is 7. The first-order valence-electron chi connectivity index (χ1n) is 10.8. The van der Waals surface area contributed by atoms with Gasteiger partial charge in [-0.05, 0) is 43.2 Å². The van der Waals surface area contributed by atoms with Crippen LogP contribution in [0.2, 0.25) is 0 Å². The summed E-state index contributed by atoms with van der Waals surface area (Å²) in [5.74, 6) is 1.02. The third kappa shape index (κ3) is 4.47. The molecule has 0 spiro atoms. The second-order valence-electron chi connectivity index (χ2n) is 7.98. The van der Waals surface area contributed by atoms with E-state index in [0.29, 0.717) is 22.8 Å². The van der Waals surface area contributed by atoms with Crippen LogP contribution in [-0.2, 0) is 9.84 Å². The molecule has 32 heavy (non-hydrogen) atoms. The molecule has 2 aromatic carbocycles. The summed E-state index contributed by atoms with van der Waals surface area (Å²) in [5, 5.41) is 7.37. The van der Waals surface area contributed by atoms with Crippen LogP contribution in [-0.4, -0.2) is 24.4 Å². The Morgan fingerprint density at radius 2 is 1.53 bits per heavy atom. The number of pyridine rings is 1. The van der Waals surface area contributed by atoms with Crippen LogP contribution < -0.4 is 10.6 Å². The van der Waals surface area contributed by atoms with E-state index < -0.39 is 9.84 Å². The molecule has 164 valence electrons. The standard InChI is InChI=1S/C24H24N4O2S2/c29-32(30,18-11-5-2-6-12-18)19-15-22(25-17-9-3-1-4-10-17)27-23(16-19)28-24-26-20-13-7-8-14-21(20)31-24/h2,5-8,11-17H,1,3-4,9-10H2,(H2,25,26,27,28). The molecular formula is C24H24N4O2S2. The summed E-state index contributed by atoms with van der Waals surface area (Å²) in [4.78, 5) is 9.75. The predicted octanol–water partition coefficient (Wildman–Crippen LogP) is 6.01. The number of para-hydroxylation sites is 1. The van der Waals surface area contributed by atoms with Gasteiger partial charge in [0.2, 0.25) is 9.84 Å². The molecule has 0 atom stereocenters. The number of hydrogen-bond donors (Lipinski definition) is 2. The van der Waals surface area contributed by atoms with E-state index in [0.717, 1.165) is 23.1 Å². The van der Waals surface area contributed by atoms with E-state index in [4.69, 9.17) is 0 Å². The molecule has 0 radical (unpaired) electrons. The van der Waals surface area contributed by atoms with Crippen molar-refractivity contribution in [1.82, 2.24) is 9.97 Å². The SMILES string of the molecule is O=S(=O)(c1ccccc1)c1cc(Nc2nc3ccccc3s2)nc(NC2CCCCC2)c1. The second-order valence-corrected chi connectivity index (χ2v) is 11.0. The number of nitrogens with one attached hydrogen (secondary N) is 2. The van der Waals surface area contributed by atoms with Gasteiger partial charge in [0.25, 0.3) is 0 Å². The van der Waals surface area contributed by atoms with Gasteiger partial charge in [0.1, 0.15) is 11.6 Å². The fourth-order valence-electron chi connectivity index (χ4n) is 4.03. The molecule has 0 unspecified atom stereocenters. The van der Waals surface area contributed by atoms with Crippen LogP contribution in [0.5, 0.6) is 0 Å². The van der Waals surface area contributed by atoms with Crippen molar-refractivity contribution in [3.63, 3.8) is 0 Å².